The first-order valence-electron chi connectivity index (χ1n) is 10.0. The Kier molecular flexibility index (Phi) is 8.25. The molecule has 0 aliphatic carbocycles. The van der Waals surface area contributed by atoms with Crippen LogP contribution in [0, 0.1) is 6.92 Å². The first-order valence-corrected chi connectivity index (χ1v) is 11.5. The third-order valence-electron chi connectivity index (χ3n) is 4.51. The molecule has 0 spiro atoms. The monoisotopic (exact) mass is 434 g/mol. The van der Waals surface area contributed by atoms with E-state index < -0.39 is 16.1 Å². The van der Waals surface area contributed by atoms with Gasteiger partial charge in [0.1, 0.15) is 16.4 Å². The average molecular weight is 435 g/mol. The Morgan fingerprint density at radius 2 is 1.80 bits per heavy atom. The smallest absolute Gasteiger partial charge is 0.265 e. The molecule has 1 N–H and O–H groups in total. The molecule has 0 saturated heterocycles. The van der Waals surface area contributed by atoms with Crippen LogP contribution in [0.5, 0.6) is 11.5 Å². The number of nitrogens with one attached hydrogen (secondary N) is 1. The Labute approximate surface area is 179 Å². The molecule has 0 aliphatic rings. The van der Waals surface area contributed by atoms with Crippen LogP contribution in [0.2, 0.25) is 0 Å². The number of ether oxygens (including phenoxy) is 2. The number of nitrogens with zero attached hydrogens (tertiary/aromatic N) is 1. The molecule has 2 aromatic rings. The van der Waals surface area contributed by atoms with E-state index in [1.54, 1.807) is 45.9 Å². The molecule has 1 unspecified atom stereocenters. The van der Waals surface area contributed by atoms with E-state index in [9.17, 15) is 13.2 Å². The fourth-order valence-electron chi connectivity index (χ4n) is 2.95. The van der Waals surface area contributed by atoms with Crippen LogP contribution in [0.1, 0.15) is 33.3 Å². The van der Waals surface area contributed by atoms with Crippen molar-refractivity contribution in [3.63, 3.8) is 0 Å². The molecule has 2 rings (SSSR count). The van der Waals surface area contributed by atoms with Crippen LogP contribution < -0.4 is 14.8 Å². The van der Waals surface area contributed by atoms with E-state index in [4.69, 9.17) is 9.47 Å². The minimum absolute atomic E-state index is 0.0260. The van der Waals surface area contributed by atoms with Crippen molar-refractivity contribution in [2.75, 3.05) is 25.0 Å². The molecule has 0 heterocycles. The van der Waals surface area contributed by atoms with Gasteiger partial charge in [0.15, 0.2) is 6.10 Å². The van der Waals surface area contributed by atoms with E-state index in [1.165, 1.54) is 10.4 Å². The second-order valence-electron chi connectivity index (χ2n) is 6.75. The van der Waals surface area contributed by atoms with Crippen molar-refractivity contribution in [2.24, 2.45) is 0 Å². The number of aryl methyl sites for hydroxylation is 1. The van der Waals surface area contributed by atoms with Gasteiger partial charge in [0.25, 0.3) is 5.91 Å². The Hall–Kier alpha value is -2.58. The summed E-state index contributed by atoms with van der Waals surface area (Å²) in [7, 11) is -3.76. The van der Waals surface area contributed by atoms with Gasteiger partial charge >= 0.3 is 0 Å². The summed E-state index contributed by atoms with van der Waals surface area (Å²) in [4.78, 5) is 12.6. The molecule has 8 heteroatoms. The summed E-state index contributed by atoms with van der Waals surface area (Å²) >= 11 is 0. The van der Waals surface area contributed by atoms with Crippen molar-refractivity contribution in [3.8, 4) is 11.5 Å². The van der Waals surface area contributed by atoms with Gasteiger partial charge in [-0.1, -0.05) is 26.0 Å². The number of anilines is 1. The predicted octanol–water partition coefficient (Wildman–Crippen LogP) is 3.83. The molecule has 1 atom stereocenters. The highest BCUT2D eigenvalue weighted by Crippen LogP contribution is 2.30. The molecule has 0 aromatic heterocycles. The molecule has 0 fully saturated rings. The lowest BCUT2D eigenvalue weighted by molar-refractivity contribution is -0.122. The number of rotatable bonds is 10. The summed E-state index contributed by atoms with van der Waals surface area (Å²) in [6, 6.07) is 12.0. The molecule has 164 valence electrons. The van der Waals surface area contributed by atoms with Gasteiger partial charge in [0.2, 0.25) is 10.0 Å². The highest BCUT2D eigenvalue weighted by molar-refractivity contribution is 7.89. The number of carbonyl (C=O) groups excluding carboxylic acids is 1. The first-order chi connectivity index (χ1) is 14.2. The SMILES string of the molecule is CCOc1ccc(NC(=O)C(C)Oc2cccc(C)c2)cc1S(=O)(=O)N(CC)CC. The summed E-state index contributed by atoms with van der Waals surface area (Å²) in [6.07, 6.45) is -0.763. The summed E-state index contributed by atoms with van der Waals surface area (Å²) in [5, 5.41) is 2.73. The van der Waals surface area contributed by atoms with Crippen molar-refractivity contribution < 1.29 is 22.7 Å². The minimum atomic E-state index is -3.76. The van der Waals surface area contributed by atoms with Gasteiger partial charge in [-0.15, -0.1) is 0 Å². The lowest BCUT2D eigenvalue weighted by Crippen LogP contribution is -2.32. The Bertz CT molecular complexity index is 971. The summed E-state index contributed by atoms with van der Waals surface area (Å²) < 4.78 is 38.7. The normalized spacial score (nSPS) is 12.5. The lowest BCUT2D eigenvalue weighted by Gasteiger charge is -2.21. The Morgan fingerprint density at radius 3 is 2.40 bits per heavy atom. The van der Waals surface area contributed by atoms with Gasteiger partial charge in [-0.25, -0.2) is 8.42 Å². The second-order valence-corrected chi connectivity index (χ2v) is 8.66. The fraction of sp³-hybridized carbons (Fsp3) is 0.409. The molecular formula is C22H30N2O5S. The molecule has 30 heavy (non-hydrogen) atoms. The van der Waals surface area contributed by atoms with Crippen molar-refractivity contribution in [3.05, 3.63) is 48.0 Å². The van der Waals surface area contributed by atoms with Gasteiger partial charge in [-0.2, -0.15) is 4.31 Å². The minimum Gasteiger partial charge on any atom is -0.492 e. The molecule has 7 nitrogen and oxygen atoms in total. The van der Waals surface area contributed by atoms with Crippen LogP contribution in [0.4, 0.5) is 5.69 Å². The number of hydrogen-bond acceptors (Lipinski definition) is 5. The lowest BCUT2D eigenvalue weighted by atomic mass is 10.2. The van der Waals surface area contributed by atoms with Gasteiger partial charge in [0, 0.05) is 18.8 Å². The van der Waals surface area contributed by atoms with Crippen molar-refractivity contribution in [1.82, 2.24) is 4.31 Å². The molecule has 2 aromatic carbocycles. The van der Waals surface area contributed by atoms with Gasteiger partial charge in [-0.05, 0) is 56.7 Å². The first kappa shape index (κ1) is 23.7. The van der Waals surface area contributed by atoms with Crippen LogP contribution >= 0.6 is 0 Å². The number of sulfonamides is 1. The maximum atomic E-state index is 13.0. The van der Waals surface area contributed by atoms with Crippen molar-refractivity contribution in [1.29, 1.82) is 0 Å². The van der Waals surface area contributed by atoms with Crippen molar-refractivity contribution in [2.45, 2.75) is 45.6 Å². The third kappa shape index (κ3) is 5.73. The molecule has 1 amide bonds. The molecule has 0 radical (unpaired) electrons. The van der Waals surface area contributed by atoms with Crippen LogP contribution in [0.25, 0.3) is 0 Å². The molecule has 0 saturated carbocycles. The Balaban J connectivity index is 2.26. The van der Waals surface area contributed by atoms with Crippen LogP contribution in [-0.2, 0) is 14.8 Å². The van der Waals surface area contributed by atoms with Gasteiger partial charge in [-0.3, -0.25) is 4.79 Å². The number of amides is 1. The van der Waals surface area contributed by atoms with Gasteiger partial charge in [0.05, 0.1) is 6.61 Å². The maximum Gasteiger partial charge on any atom is 0.265 e. The van der Waals surface area contributed by atoms with Gasteiger partial charge < -0.3 is 14.8 Å². The zero-order valence-corrected chi connectivity index (χ0v) is 19.0. The zero-order valence-electron chi connectivity index (χ0n) is 18.1. The fourth-order valence-corrected chi connectivity index (χ4v) is 4.57. The molecular weight excluding hydrogens is 404 g/mol. The quantitative estimate of drug-likeness (QED) is 0.614. The number of hydrogen-bond donors (Lipinski definition) is 1. The average Bonchev–Trinajstić information content (AvgIpc) is 2.70. The maximum absolute atomic E-state index is 13.0. The zero-order chi connectivity index (χ0) is 22.3. The largest absolute Gasteiger partial charge is 0.492 e. The highest BCUT2D eigenvalue weighted by Gasteiger charge is 2.26. The number of benzene rings is 2. The standard InChI is InChI=1S/C22H30N2O5S/c1-6-24(7-2)30(26,27)21-15-18(12-13-20(21)28-8-3)23-22(25)17(5)29-19-11-9-10-16(4)14-19/h9-15,17H,6-8H2,1-5H3,(H,23,25). The van der Waals surface area contributed by atoms with E-state index in [2.05, 4.69) is 5.32 Å². The Morgan fingerprint density at radius 1 is 1.10 bits per heavy atom. The van der Waals surface area contributed by atoms with E-state index in [1.807, 2.05) is 25.1 Å². The third-order valence-corrected chi connectivity index (χ3v) is 6.58. The predicted molar refractivity (Wildman–Crippen MR) is 118 cm³/mol. The molecule has 0 bridgehead atoms. The van der Waals surface area contributed by atoms with Crippen LogP contribution in [-0.4, -0.2) is 44.4 Å². The van der Waals surface area contributed by atoms with Crippen molar-refractivity contribution >= 4 is 21.6 Å². The molecule has 0 aliphatic heterocycles. The van der Waals surface area contributed by atoms with Crippen LogP contribution in [0.3, 0.4) is 0 Å². The highest BCUT2D eigenvalue weighted by atomic mass is 32.2. The van der Waals surface area contributed by atoms with E-state index in [0.717, 1.165) is 5.56 Å². The topological polar surface area (TPSA) is 84.9 Å². The summed E-state index contributed by atoms with van der Waals surface area (Å²) in [5.41, 5.74) is 1.38. The van der Waals surface area contributed by atoms with E-state index >= 15 is 0 Å². The second kappa shape index (κ2) is 10.4. The number of carbonyl (C=O) groups is 1. The van der Waals surface area contributed by atoms with E-state index in [0.29, 0.717) is 31.1 Å². The van der Waals surface area contributed by atoms with E-state index in [-0.39, 0.29) is 16.6 Å². The summed E-state index contributed by atoms with van der Waals surface area (Å²) in [5.74, 6) is 0.465. The van der Waals surface area contributed by atoms with Crippen LogP contribution in [0.15, 0.2) is 47.4 Å². The summed E-state index contributed by atoms with van der Waals surface area (Å²) in [6.45, 7) is 9.91.